The highest BCUT2D eigenvalue weighted by Gasteiger charge is 2.09. The Balaban J connectivity index is 3.24. The van der Waals surface area contributed by atoms with E-state index in [0.29, 0.717) is 11.1 Å². The highest BCUT2D eigenvalue weighted by Crippen LogP contribution is 2.18. The maximum absolute atomic E-state index is 10.5. The molecule has 0 heterocycles. The average molecular weight is 191 g/mol. The van der Waals surface area contributed by atoms with Crippen molar-refractivity contribution in [1.82, 2.24) is 0 Å². The van der Waals surface area contributed by atoms with E-state index in [4.69, 9.17) is 0 Å². The van der Waals surface area contributed by atoms with Crippen molar-refractivity contribution in [2.75, 3.05) is 0 Å². The minimum Gasteiger partial charge on any atom is -0.258 e. The minimum atomic E-state index is -0.381. The molecule has 0 saturated heterocycles. The fourth-order valence-corrected chi connectivity index (χ4v) is 1.32. The van der Waals surface area contributed by atoms with Crippen LogP contribution in [0.5, 0.6) is 0 Å². The van der Waals surface area contributed by atoms with Crippen LogP contribution in [0.4, 0.5) is 5.69 Å². The molecule has 0 unspecified atom stereocenters. The number of nitrogens with zero attached hydrogens (tertiary/aromatic N) is 1. The first-order chi connectivity index (χ1) is 6.15. The number of hydrogen-bond donors (Lipinski definition) is 0. The Hall–Kier alpha value is -1.60. The Labute approximate surface area is 79.3 Å². The molecule has 0 amide bonds. The highest BCUT2D eigenvalue weighted by atomic mass is 28.1. The summed E-state index contributed by atoms with van der Waals surface area (Å²) in [5.41, 5.74) is 4.36. The number of rotatable bonds is 1. The van der Waals surface area contributed by atoms with Gasteiger partial charge in [-0.2, -0.15) is 0 Å². The monoisotopic (exact) mass is 191 g/mol. The Bertz CT molecular complexity index is 404. The van der Waals surface area contributed by atoms with E-state index in [0.717, 1.165) is 10.2 Å². The number of nitro benzene ring substituents is 1. The lowest BCUT2D eigenvalue weighted by atomic mass is 10.1. The van der Waals surface area contributed by atoms with Crippen LogP contribution in [0.1, 0.15) is 11.1 Å². The summed E-state index contributed by atoms with van der Waals surface area (Å²) in [5.74, 6) is 2.84. The first-order valence-corrected chi connectivity index (χ1v) is 4.83. The number of hydrogen-bond acceptors (Lipinski definition) is 2. The quantitative estimate of drug-likeness (QED) is 0.282. The molecule has 0 spiro atoms. The molecule has 1 rings (SSSR count). The lowest BCUT2D eigenvalue weighted by molar-refractivity contribution is -0.385. The van der Waals surface area contributed by atoms with Gasteiger partial charge in [-0.25, -0.2) is 0 Å². The van der Waals surface area contributed by atoms with Gasteiger partial charge in [0.2, 0.25) is 0 Å². The molecule has 0 fully saturated rings. The normalized spacial score (nSPS) is 9.00. The van der Waals surface area contributed by atoms with Crippen LogP contribution in [0.15, 0.2) is 18.2 Å². The van der Waals surface area contributed by atoms with Gasteiger partial charge in [-0.3, -0.25) is 10.1 Å². The summed E-state index contributed by atoms with van der Waals surface area (Å²) >= 11 is 0. The summed E-state index contributed by atoms with van der Waals surface area (Å²) in [6, 6.07) is 5.03. The third-order valence-corrected chi connectivity index (χ3v) is 1.93. The van der Waals surface area contributed by atoms with Crippen molar-refractivity contribution in [3.8, 4) is 11.5 Å². The lowest BCUT2D eigenvalue weighted by Gasteiger charge is -1.96. The van der Waals surface area contributed by atoms with Gasteiger partial charge in [0.15, 0.2) is 0 Å². The first kappa shape index (κ1) is 9.48. The molecular formula is C9H9NO2Si. The average Bonchev–Trinajstić information content (AvgIpc) is 2.08. The molecule has 0 aliphatic carbocycles. The standard InChI is InChI=1S/C9H9NO2Si/c1-7-2-3-8(4-5-13)6-9(7)10(11)12/h2-3,6H,1,13H3. The molecule has 0 aromatic heterocycles. The maximum Gasteiger partial charge on any atom is 0.273 e. The number of aryl methyl sites for hydroxylation is 1. The van der Waals surface area contributed by atoms with Gasteiger partial charge in [0.05, 0.1) is 15.2 Å². The van der Waals surface area contributed by atoms with Crippen LogP contribution >= 0.6 is 0 Å². The molecule has 1 aromatic rings. The lowest BCUT2D eigenvalue weighted by Crippen LogP contribution is -1.92. The molecule has 0 bridgehead atoms. The summed E-state index contributed by atoms with van der Waals surface area (Å²) in [5, 5.41) is 10.5. The Morgan fingerprint density at radius 3 is 2.77 bits per heavy atom. The molecule has 0 radical (unpaired) electrons. The summed E-state index contributed by atoms with van der Waals surface area (Å²) in [4.78, 5) is 10.2. The van der Waals surface area contributed by atoms with Crippen molar-refractivity contribution in [2.45, 2.75) is 6.92 Å². The van der Waals surface area contributed by atoms with E-state index in [2.05, 4.69) is 11.5 Å². The summed E-state index contributed by atoms with van der Waals surface area (Å²) in [7, 11) is 0.785. The predicted molar refractivity (Wildman–Crippen MR) is 54.7 cm³/mol. The second-order valence-corrected chi connectivity index (χ2v) is 3.13. The topological polar surface area (TPSA) is 43.1 Å². The first-order valence-electron chi connectivity index (χ1n) is 3.83. The van der Waals surface area contributed by atoms with Crippen LogP contribution in [-0.4, -0.2) is 15.2 Å². The third kappa shape index (κ3) is 2.17. The van der Waals surface area contributed by atoms with Gasteiger partial charge in [-0.1, -0.05) is 12.0 Å². The molecule has 0 N–H and O–H groups in total. The van der Waals surface area contributed by atoms with Crippen LogP contribution in [0, 0.1) is 28.5 Å². The van der Waals surface area contributed by atoms with Crippen LogP contribution in [-0.2, 0) is 0 Å². The second-order valence-electron chi connectivity index (χ2n) is 2.63. The Kier molecular flexibility index (Phi) is 2.83. The predicted octanol–water partition coefficient (Wildman–Crippen LogP) is 0.578. The molecule has 66 valence electrons. The molecule has 13 heavy (non-hydrogen) atoms. The SMILES string of the molecule is Cc1ccc(C#C[SiH3])cc1[N+](=O)[O-]. The molecule has 0 saturated carbocycles. The maximum atomic E-state index is 10.5. The van der Waals surface area contributed by atoms with Gasteiger partial charge in [-0.15, -0.1) is 5.54 Å². The van der Waals surface area contributed by atoms with Crippen LogP contribution in [0.3, 0.4) is 0 Å². The molecule has 1 aromatic carbocycles. The van der Waals surface area contributed by atoms with E-state index in [1.807, 2.05) is 0 Å². The van der Waals surface area contributed by atoms with Crippen molar-refractivity contribution in [1.29, 1.82) is 0 Å². The van der Waals surface area contributed by atoms with E-state index >= 15 is 0 Å². The van der Waals surface area contributed by atoms with Crippen molar-refractivity contribution in [3.63, 3.8) is 0 Å². The number of benzene rings is 1. The van der Waals surface area contributed by atoms with E-state index in [1.165, 1.54) is 6.07 Å². The zero-order valence-electron chi connectivity index (χ0n) is 7.50. The van der Waals surface area contributed by atoms with E-state index in [9.17, 15) is 10.1 Å². The molecule has 3 nitrogen and oxygen atoms in total. The summed E-state index contributed by atoms with van der Waals surface area (Å²) in [6.07, 6.45) is 0. The van der Waals surface area contributed by atoms with E-state index < -0.39 is 0 Å². The van der Waals surface area contributed by atoms with E-state index in [-0.39, 0.29) is 10.6 Å². The molecule has 0 aliphatic rings. The third-order valence-electron chi connectivity index (χ3n) is 1.68. The van der Waals surface area contributed by atoms with Gasteiger partial charge < -0.3 is 0 Å². The fourth-order valence-electron chi connectivity index (χ4n) is 1.03. The Morgan fingerprint density at radius 2 is 2.23 bits per heavy atom. The highest BCUT2D eigenvalue weighted by molar-refractivity contribution is 6.22. The molecule has 0 aliphatic heterocycles. The number of nitro groups is 1. The summed E-state index contributed by atoms with van der Waals surface area (Å²) in [6.45, 7) is 1.72. The molecule has 0 atom stereocenters. The van der Waals surface area contributed by atoms with Crippen LogP contribution in [0.2, 0.25) is 0 Å². The van der Waals surface area contributed by atoms with Gasteiger partial charge in [0.1, 0.15) is 0 Å². The van der Waals surface area contributed by atoms with E-state index in [1.54, 1.807) is 19.1 Å². The Morgan fingerprint density at radius 1 is 1.54 bits per heavy atom. The van der Waals surface area contributed by atoms with Gasteiger partial charge in [-0.05, 0) is 13.0 Å². The second kappa shape index (κ2) is 3.87. The van der Waals surface area contributed by atoms with Crippen molar-refractivity contribution >= 4 is 15.9 Å². The van der Waals surface area contributed by atoms with Crippen LogP contribution < -0.4 is 0 Å². The molecular weight excluding hydrogens is 182 g/mol. The largest absolute Gasteiger partial charge is 0.273 e. The van der Waals surface area contributed by atoms with Gasteiger partial charge >= 0.3 is 0 Å². The van der Waals surface area contributed by atoms with Gasteiger partial charge in [0.25, 0.3) is 5.69 Å². The zero-order valence-corrected chi connectivity index (χ0v) is 9.50. The van der Waals surface area contributed by atoms with Gasteiger partial charge in [0, 0.05) is 17.2 Å². The fraction of sp³-hybridized carbons (Fsp3) is 0.111. The minimum absolute atomic E-state index is 0.141. The van der Waals surface area contributed by atoms with Crippen molar-refractivity contribution < 1.29 is 4.92 Å². The smallest absolute Gasteiger partial charge is 0.258 e. The summed E-state index contributed by atoms with van der Waals surface area (Å²) < 4.78 is 0. The van der Waals surface area contributed by atoms with Crippen molar-refractivity contribution in [2.24, 2.45) is 0 Å². The zero-order chi connectivity index (χ0) is 9.84. The van der Waals surface area contributed by atoms with Crippen LogP contribution in [0.25, 0.3) is 0 Å². The molecule has 4 heteroatoms. The van der Waals surface area contributed by atoms with Crippen molar-refractivity contribution in [3.05, 3.63) is 39.4 Å².